The molecule has 6 nitrogen and oxygen atoms in total. The molecular weight excluding hydrogens is 266 g/mol. The lowest BCUT2D eigenvalue weighted by Gasteiger charge is -2.17. The van der Waals surface area contributed by atoms with Crippen LogP contribution in [-0.4, -0.2) is 34.7 Å². The van der Waals surface area contributed by atoms with Crippen molar-refractivity contribution in [2.24, 2.45) is 5.92 Å². The first-order valence-electron chi connectivity index (χ1n) is 6.08. The molecule has 0 aromatic carbocycles. The number of aromatic nitrogens is 1. The van der Waals surface area contributed by atoms with E-state index in [-0.39, 0.29) is 6.03 Å². The summed E-state index contributed by atoms with van der Waals surface area (Å²) in [6.45, 7) is 5.64. The number of carboxylic acid groups (broad SMARTS) is 1. The lowest BCUT2D eigenvalue weighted by molar-refractivity contribution is -0.141. The van der Waals surface area contributed by atoms with Crippen molar-refractivity contribution < 1.29 is 14.7 Å². The monoisotopic (exact) mass is 285 g/mol. The van der Waals surface area contributed by atoms with E-state index >= 15 is 0 Å². The summed E-state index contributed by atoms with van der Waals surface area (Å²) in [5.41, 5.74) is 0.980. The summed E-state index contributed by atoms with van der Waals surface area (Å²) in [6, 6.07) is -0.770. The number of aryl methyl sites for hydroxylation is 1. The molecule has 106 valence electrons. The van der Waals surface area contributed by atoms with E-state index in [0.717, 1.165) is 10.7 Å². The molecule has 0 aliphatic heterocycles. The number of nitrogens with one attached hydrogen (secondary N) is 2. The molecule has 0 bridgehead atoms. The molecule has 1 rings (SSSR count). The van der Waals surface area contributed by atoms with E-state index in [1.807, 2.05) is 12.3 Å². The van der Waals surface area contributed by atoms with Gasteiger partial charge in [-0.1, -0.05) is 0 Å². The first-order valence-corrected chi connectivity index (χ1v) is 6.96. The van der Waals surface area contributed by atoms with E-state index in [9.17, 15) is 9.59 Å². The minimum Gasteiger partial charge on any atom is -0.481 e. The van der Waals surface area contributed by atoms with E-state index in [1.54, 1.807) is 25.2 Å². The maximum Gasteiger partial charge on any atom is 0.315 e. The predicted molar refractivity (Wildman–Crippen MR) is 73.4 cm³/mol. The number of thiazole rings is 1. The van der Waals surface area contributed by atoms with Crippen molar-refractivity contribution in [2.45, 2.75) is 33.2 Å². The van der Waals surface area contributed by atoms with Crippen molar-refractivity contribution >= 4 is 23.3 Å². The molecule has 2 unspecified atom stereocenters. The van der Waals surface area contributed by atoms with Gasteiger partial charge in [-0.3, -0.25) is 4.79 Å². The molecule has 3 N–H and O–H groups in total. The fourth-order valence-electron chi connectivity index (χ4n) is 1.40. The highest BCUT2D eigenvalue weighted by Crippen LogP contribution is 2.08. The van der Waals surface area contributed by atoms with E-state index in [4.69, 9.17) is 5.11 Å². The van der Waals surface area contributed by atoms with Gasteiger partial charge in [-0.25, -0.2) is 9.78 Å². The van der Waals surface area contributed by atoms with Crippen molar-refractivity contribution in [1.82, 2.24) is 15.6 Å². The molecule has 0 radical (unpaired) electrons. The van der Waals surface area contributed by atoms with Gasteiger partial charge in [0, 0.05) is 30.1 Å². The minimum atomic E-state index is -0.925. The van der Waals surface area contributed by atoms with Gasteiger partial charge in [-0.05, 0) is 20.8 Å². The number of nitrogens with zero attached hydrogens (tertiary/aromatic N) is 1. The van der Waals surface area contributed by atoms with E-state index in [1.165, 1.54) is 0 Å². The van der Waals surface area contributed by atoms with Crippen LogP contribution in [0.1, 0.15) is 24.5 Å². The highest BCUT2D eigenvalue weighted by Gasteiger charge is 2.20. The molecule has 0 aliphatic carbocycles. The van der Waals surface area contributed by atoms with Gasteiger partial charge in [0.15, 0.2) is 0 Å². The normalized spacial score (nSPS) is 13.6. The molecule has 19 heavy (non-hydrogen) atoms. The molecule has 1 aromatic rings. The quantitative estimate of drug-likeness (QED) is 0.737. The zero-order valence-electron chi connectivity index (χ0n) is 11.3. The van der Waals surface area contributed by atoms with Gasteiger partial charge < -0.3 is 15.7 Å². The minimum absolute atomic E-state index is 0.353. The largest absolute Gasteiger partial charge is 0.481 e. The van der Waals surface area contributed by atoms with Gasteiger partial charge in [0.1, 0.15) is 0 Å². The molecule has 0 aliphatic rings. The number of amides is 2. The summed E-state index contributed by atoms with van der Waals surface area (Å²) >= 11 is 1.56. The van der Waals surface area contributed by atoms with E-state index < -0.39 is 17.9 Å². The Hall–Kier alpha value is -1.63. The molecule has 7 heteroatoms. The van der Waals surface area contributed by atoms with Gasteiger partial charge in [-0.15, -0.1) is 11.3 Å². The third kappa shape index (κ3) is 5.25. The van der Waals surface area contributed by atoms with Gasteiger partial charge in [0.2, 0.25) is 0 Å². The van der Waals surface area contributed by atoms with Crippen molar-refractivity contribution in [3.8, 4) is 0 Å². The van der Waals surface area contributed by atoms with Gasteiger partial charge in [0.05, 0.1) is 10.9 Å². The first-order chi connectivity index (χ1) is 8.90. The highest BCUT2D eigenvalue weighted by atomic mass is 32.1. The number of carbonyl (C=O) groups is 2. The van der Waals surface area contributed by atoms with Crippen LogP contribution in [0.2, 0.25) is 0 Å². The second-order valence-electron chi connectivity index (χ2n) is 4.45. The number of urea groups is 1. The Labute approximate surface area is 116 Å². The molecule has 2 amide bonds. The SMILES string of the molecule is Cc1csc(CCNC(=O)NC(C)C(C)C(=O)O)n1. The molecule has 1 aromatic heterocycles. The summed E-state index contributed by atoms with van der Waals surface area (Å²) < 4.78 is 0. The van der Waals surface area contributed by atoms with Crippen molar-refractivity contribution in [2.75, 3.05) is 6.54 Å². The average Bonchev–Trinajstić information content (AvgIpc) is 2.73. The third-order valence-corrected chi connectivity index (χ3v) is 3.82. The van der Waals surface area contributed by atoms with Crippen molar-refractivity contribution in [3.05, 3.63) is 16.1 Å². The maximum absolute atomic E-state index is 11.5. The highest BCUT2D eigenvalue weighted by molar-refractivity contribution is 7.09. The second-order valence-corrected chi connectivity index (χ2v) is 5.39. The van der Waals surface area contributed by atoms with Crippen LogP contribution in [0.25, 0.3) is 0 Å². The Bertz CT molecular complexity index is 447. The lowest BCUT2D eigenvalue weighted by Crippen LogP contribution is -2.45. The van der Waals surface area contributed by atoms with Crippen LogP contribution in [0.5, 0.6) is 0 Å². The number of carboxylic acids is 1. The molecule has 2 atom stereocenters. The molecule has 0 spiro atoms. The summed E-state index contributed by atoms with van der Waals surface area (Å²) in [5.74, 6) is -1.54. The zero-order valence-corrected chi connectivity index (χ0v) is 12.1. The Morgan fingerprint density at radius 1 is 1.47 bits per heavy atom. The molecular formula is C12H19N3O3S. The number of rotatable bonds is 6. The van der Waals surface area contributed by atoms with Crippen LogP contribution < -0.4 is 10.6 Å². The lowest BCUT2D eigenvalue weighted by atomic mass is 10.0. The van der Waals surface area contributed by atoms with E-state index in [2.05, 4.69) is 15.6 Å². The smallest absolute Gasteiger partial charge is 0.315 e. The fourth-order valence-corrected chi connectivity index (χ4v) is 2.17. The average molecular weight is 285 g/mol. The van der Waals surface area contributed by atoms with Crippen molar-refractivity contribution in [1.29, 1.82) is 0 Å². The van der Waals surface area contributed by atoms with Crippen molar-refractivity contribution in [3.63, 3.8) is 0 Å². The summed E-state index contributed by atoms with van der Waals surface area (Å²) in [6.07, 6.45) is 0.675. The molecule has 0 saturated carbocycles. The Kier molecular flexibility index (Phi) is 5.75. The van der Waals surface area contributed by atoms with Crippen LogP contribution >= 0.6 is 11.3 Å². The van der Waals surface area contributed by atoms with Gasteiger partial charge in [-0.2, -0.15) is 0 Å². The van der Waals surface area contributed by atoms with Crippen LogP contribution in [0, 0.1) is 12.8 Å². The first kappa shape index (κ1) is 15.4. The summed E-state index contributed by atoms with van der Waals surface area (Å²) in [4.78, 5) is 26.6. The number of hydrogen-bond acceptors (Lipinski definition) is 4. The number of hydrogen-bond donors (Lipinski definition) is 3. The topological polar surface area (TPSA) is 91.3 Å². The number of aliphatic carboxylic acids is 1. The zero-order chi connectivity index (χ0) is 14.4. The maximum atomic E-state index is 11.5. The van der Waals surface area contributed by atoms with E-state index in [0.29, 0.717) is 13.0 Å². The molecule has 1 heterocycles. The standard InChI is InChI=1S/C12H19N3O3S/c1-7-6-19-10(14-7)4-5-13-12(18)15-9(3)8(2)11(16)17/h6,8-9H,4-5H2,1-3H3,(H,16,17)(H2,13,15,18). The summed E-state index contributed by atoms with van der Waals surface area (Å²) in [5, 5.41) is 17.0. The number of carbonyl (C=O) groups excluding carboxylic acids is 1. The second kappa shape index (κ2) is 7.08. The Morgan fingerprint density at radius 2 is 2.16 bits per heavy atom. The summed E-state index contributed by atoms with van der Waals surface area (Å²) in [7, 11) is 0. The molecule has 0 saturated heterocycles. The van der Waals surface area contributed by atoms with Crippen LogP contribution in [0.3, 0.4) is 0 Å². The molecule has 0 fully saturated rings. The predicted octanol–water partition coefficient (Wildman–Crippen LogP) is 1.40. The van der Waals surface area contributed by atoms with Gasteiger partial charge in [0.25, 0.3) is 0 Å². The fraction of sp³-hybridized carbons (Fsp3) is 0.583. The van der Waals surface area contributed by atoms with Crippen LogP contribution in [-0.2, 0) is 11.2 Å². The third-order valence-electron chi connectivity index (χ3n) is 2.79. The Balaban J connectivity index is 2.26. The van der Waals surface area contributed by atoms with Crippen LogP contribution in [0.15, 0.2) is 5.38 Å². The van der Waals surface area contributed by atoms with Gasteiger partial charge >= 0.3 is 12.0 Å². The Morgan fingerprint density at radius 3 is 2.68 bits per heavy atom. The van der Waals surface area contributed by atoms with Crippen LogP contribution in [0.4, 0.5) is 4.79 Å².